The molecule has 0 unspecified atom stereocenters. The Hall–Kier alpha value is -2.21. The van der Waals surface area contributed by atoms with E-state index in [1.807, 2.05) is 4.90 Å². The Balaban J connectivity index is 1.53. The predicted molar refractivity (Wildman–Crippen MR) is 96.9 cm³/mol. The fourth-order valence-electron chi connectivity index (χ4n) is 5.38. The van der Waals surface area contributed by atoms with Gasteiger partial charge in [-0.05, 0) is 37.8 Å². The standard InChI is InChI=1S/C21H24N2O4/c1-20(2)12-27-21(10-6-3-7-11-21)23-16(20)15(19(23)26)22-17(24)13-8-4-5-9-14(13)18(22)25/h4-5,8-9,15-16H,3,6-7,10-12H2,1-2H3/t15-,16+/m0/s1. The fraction of sp³-hybridized carbons (Fsp3) is 0.571. The molecule has 1 spiro atoms. The van der Waals surface area contributed by atoms with Crippen LogP contribution in [0.1, 0.15) is 66.7 Å². The molecule has 1 aliphatic carbocycles. The van der Waals surface area contributed by atoms with E-state index in [0.29, 0.717) is 17.7 Å². The number of imide groups is 1. The van der Waals surface area contributed by atoms with Crippen molar-refractivity contribution in [2.45, 2.75) is 63.8 Å². The maximum Gasteiger partial charge on any atom is 0.262 e. The van der Waals surface area contributed by atoms with Gasteiger partial charge in [-0.15, -0.1) is 0 Å². The lowest BCUT2D eigenvalue weighted by Crippen LogP contribution is -2.83. The van der Waals surface area contributed by atoms with Gasteiger partial charge in [-0.25, -0.2) is 0 Å². The van der Waals surface area contributed by atoms with Crippen LogP contribution < -0.4 is 0 Å². The first-order valence-electron chi connectivity index (χ1n) is 9.81. The molecule has 0 radical (unpaired) electrons. The minimum absolute atomic E-state index is 0.149. The first kappa shape index (κ1) is 16.9. The third-order valence-electron chi connectivity index (χ3n) is 6.76. The van der Waals surface area contributed by atoms with E-state index in [-0.39, 0.29) is 29.2 Å². The van der Waals surface area contributed by atoms with Gasteiger partial charge in [0.2, 0.25) is 0 Å². The monoisotopic (exact) mass is 368 g/mol. The molecule has 6 nitrogen and oxygen atoms in total. The van der Waals surface area contributed by atoms with Gasteiger partial charge in [0.15, 0.2) is 0 Å². The van der Waals surface area contributed by atoms with Crippen molar-refractivity contribution in [3.05, 3.63) is 35.4 Å². The largest absolute Gasteiger partial charge is 0.355 e. The third kappa shape index (κ3) is 2.07. The van der Waals surface area contributed by atoms with Crippen LogP contribution >= 0.6 is 0 Å². The van der Waals surface area contributed by atoms with Gasteiger partial charge in [0.05, 0.1) is 23.8 Å². The second-order valence-electron chi connectivity index (χ2n) is 8.91. The number of β-lactam (4-membered cyclic amide) rings is 1. The topological polar surface area (TPSA) is 66.9 Å². The quantitative estimate of drug-likeness (QED) is 0.564. The summed E-state index contributed by atoms with van der Waals surface area (Å²) in [5.41, 5.74) is -0.0848. The van der Waals surface area contributed by atoms with Crippen LogP contribution in [0.4, 0.5) is 0 Å². The average molecular weight is 368 g/mol. The van der Waals surface area contributed by atoms with E-state index in [1.54, 1.807) is 24.3 Å². The first-order valence-corrected chi connectivity index (χ1v) is 9.81. The van der Waals surface area contributed by atoms with Gasteiger partial charge in [0.25, 0.3) is 17.7 Å². The zero-order valence-electron chi connectivity index (χ0n) is 15.7. The number of amides is 3. The van der Waals surface area contributed by atoms with Crippen LogP contribution in [0.15, 0.2) is 24.3 Å². The molecule has 142 valence electrons. The molecule has 3 aliphatic heterocycles. The van der Waals surface area contributed by atoms with Gasteiger partial charge in [-0.1, -0.05) is 32.4 Å². The number of carbonyl (C=O) groups is 3. The maximum absolute atomic E-state index is 13.3. The molecular weight excluding hydrogens is 344 g/mol. The minimum atomic E-state index is -0.727. The van der Waals surface area contributed by atoms with Gasteiger partial charge >= 0.3 is 0 Å². The van der Waals surface area contributed by atoms with Gasteiger partial charge < -0.3 is 9.64 Å². The molecule has 2 saturated heterocycles. The van der Waals surface area contributed by atoms with Crippen molar-refractivity contribution in [3.8, 4) is 0 Å². The van der Waals surface area contributed by atoms with Crippen molar-refractivity contribution >= 4 is 17.7 Å². The lowest BCUT2D eigenvalue weighted by atomic mass is 9.69. The molecule has 5 rings (SSSR count). The molecule has 6 heteroatoms. The Kier molecular flexibility index (Phi) is 3.39. The Morgan fingerprint density at radius 1 is 0.963 bits per heavy atom. The van der Waals surface area contributed by atoms with Crippen LogP contribution in [-0.4, -0.2) is 51.9 Å². The summed E-state index contributed by atoms with van der Waals surface area (Å²) in [4.78, 5) is 42.2. The zero-order chi connectivity index (χ0) is 19.0. The highest BCUT2D eigenvalue weighted by Gasteiger charge is 2.68. The second-order valence-corrected chi connectivity index (χ2v) is 8.91. The van der Waals surface area contributed by atoms with E-state index in [4.69, 9.17) is 4.74 Å². The Morgan fingerprint density at radius 3 is 2.15 bits per heavy atom. The third-order valence-corrected chi connectivity index (χ3v) is 6.76. The molecule has 1 aromatic carbocycles. The van der Waals surface area contributed by atoms with E-state index in [1.165, 1.54) is 4.90 Å². The lowest BCUT2D eigenvalue weighted by molar-refractivity contribution is -0.285. The van der Waals surface area contributed by atoms with Crippen LogP contribution in [0.5, 0.6) is 0 Å². The SMILES string of the molecule is CC1(C)COC2(CCCCC2)N2C(=O)[C@@H](N3C(=O)c4ccccc4C3=O)[C@@H]21. The molecule has 0 N–H and O–H groups in total. The van der Waals surface area contributed by atoms with E-state index in [2.05, 4.69) is 13.8 Å². The summed E-state index contributed by atoms with van der Waals surface area (Å²) in [6.45, 7) is 4.64. The summed E-state index contributed by atoms with van der Waals surface area (Å²) in [6, 6.07) is 5.90. The average Bonchev–Trinajstić information content (AvgIpc) is 2.90. The number of carbonyl (C=O) groups excluding carboxylic acids is 3. The van der Waals surface area contributed by atoms with Crippen molar-refractivity contribution in [1.29, 1.82) is 0 Å². The van der Waals surface area contributed by atoms with E-state index in [0.717, 1.165) is 32.1 Å². The van der Waals surface area contributed by atoms with Crippen LogP contribution in [0.3, 0.4) is 0 Å². The van der Waals surface area contributed by atoms with Crippen molar-refractivity contribution in [1.82, 2.24) is 9.80 Å². The molecule has 3 heterocycles. The molecule has 3 fully saturated rings. The molecular formula is C21H24N2O4. The summed E-state index contributed by atoms with van der Waals surface area (Å²) in [5.74, 6) is -0.855. The Morgan fingerprint density at radius 2 is 1.56 bits per heavy atom. The first-order chi connectivity index (χ1) is 12.9. The van der Waals surface area contributed by atoms with Gasteiger partial charge in [0.1, 0.15) is 11.8 Å². The van der Waals surface area contributed by atoms with Gasteiger partial charge in [-0.3, -0.25) is 19.3 Å². The zero-order valence-corrected chi connectivity index (χ0v) is 15.7. The molecule has 3 amide bonds. The summed E-state index contributed by atoms with van der Waals surface area (Å²) in [6.07, 6.45) is 4.90. The maximum atomic E-state index is 13.3. The normalized spacial score (nSPS) is 31.0. The molecule has 27 heavy (non-hydrogen) atoms. The van der Waals surface area contributed by atoms with E-state index >= 15 is 0 Å². The van der Waals surface area contributed by atoms with Crippen LogP contribution in [0, 0.1) is 5.41 Å². The summed E-state index contributed by atoms with van der Waals surface area (Å²) >= 11 is 0. The molecule has 0 bridgehead atoms. The van der Waals surface area contributed by atoms with Gasteiger partial charge in [-0.2, -0.15) is 0 Å². The number of benzene rings is 1. The minimum Gasteiger partial charge on any atom is -0.355 e. The highest BCUT2D eigenvalue weighted by molar-refractivity contribution is 6.23. The van der Waals surface area contributed by atoms with Gasteiger partial charge in [0, 0.05) is 5.41 Å². The summed E-state index contributed by atoms with van der Waals surface area (Å²) in [7, 11) is 0. The molecule has 1 saturated carbocycles. The Bertz CT molecular complexity index is 820. The van der Waals surface area contributed by atoms with E-state index in [9.17, 15) is 14.4 Å². The number of nitrogens with zero attached hydrogens (tertiary/aromatic N) is 2. The Labute approximate surface area is 158 Å². The lowest BCUT2D eigenvalue weighted by Gasteiger charge is -2.66. The highest BCUT2D eigenvalue weighted by atomic mass is 16.5. The molecule has 2 atom stereocenters. The van der Waals surface area contributed by atoms with Crippen LogP contribution in [0.25, 0.3) is 0 Å². The van der Waals surface area contributed by atoms with E-state index < -0.39 is 11.8 Å². The van der Waals surface area contributed by atoms with Crippen molar-refractivity contribution in [2.75, 3.05) is 6.61 Å². The number of hydrogen-bond acceptors (Lipinski definition) is 4. The van der Waals surface area contributed by atoms with Crippen LogP contribution in [0.2, 0.25) is 0 Å². The fourth-order valence-corrected chi connectivity index (χ4v) is 5.38. The summed E-state index contributed by atoms with van der Waals surface area (Å²) in [5, 5.41) is 0. The predicted octanol–water partition coefficient (Wildman–Crippen LogP) is 2.58. The number of ether oxygens (including phenoxy) is 1. The van der Waals surface area contributed by atoms with Crippen LogP contribution in [-0.2, 0) is 9.53 Å². The number of fused-ring (bicyclic) bond motifs is 3. The highest BCUT2D eigenvalue weighted by Crippen LogP contribution is 2.52. The van der Waals surface area contributed by atoms with Crippen molar-refractivity contribution in [2.24, 2.45) is 5.41 Å². The molecule has 4 aliphatic rings. The van der Waals surface area contributed by atoms with Crippen molar-refractivity contribution in [3.63, 3.8) is 0 Å². The molecule has 1 aromatic rings. The second kappa shape index (κ2) is 5.41. The molecule has 0 aromatic heterocycles. The summed E-state index contributed by atoms with van der Waals surface area (Å²) < 4.78 is 6.27. The smallest absolute Gasteiger partial charge is 0.262 e. The van der Waals surface area contributed by atoms with Crippen molar-refractivity contribution < 1.29 is 19.1 Å². The number of rotatable bonds is 1. The number of hydrogen-bond donors (Lipinski definition) is 0.